The van der Waals surface area contributed by atoms with E-state index in [1.165, 1.54) is 4.90 Å². The summed E-state index contributed by atoms with van der Waals surface area (Å²) in [6.45, 7) is 13.1. The quantitative estimate of drug-likeness (QED) is 0.492. The van der Waals surface area contributed by atoms with Gasteiger partial charge < -0.3 is 25.2 Å². The van der Waals surface area contributed by atoms with Crippen LogP contribution in [0.3, 0.4) is 0 Å². The maximum atomic E-state index is 12.1. The number of alkyl carbamates (subject to hydrolysis) is 1. The lowest BCUT2D eigenvalue weighted by atomic mass is 10.0. The van der Waals surface area contributed by atoms with Crippen molar-refractivity contribution in [2.24, 2.45) is 10.9 Å². The molecule has 0 bridgehead atoms. The number of nitrogens with zero attached hydrogens (tertiary/aromatic N) is 3. The molecule has 0 spiro atoms. The van der Waals surface area contributed by atoms with E-state index in [0.29, 0.717) is 19.0 Å². The van der Waals surface area contributed by atoms with E-state index in [1.807, 2.05) is 39.6 Å². The first-order chi connectivity index (χ1) is 12.4. The second kappa shape index (κ2) is 11.7. The number of carbonyl (C=O) groups excluding carboxylic acids is 2. The van der Waals surface area contributed by atoms with Crippen molar-refractivity contribution in [2.75, 3.05) is 40.8 Å². The van der Waals surface area contributed by atoms with Crippen LogP contribution in [0.25, 0.3) is 0 Å². The molecule has 8 nitrogen and oxygen atoms in total. The first-order valence-corrected chi connectivity index (χ1v) is 9.56. The summed E-state index contributed by atoms with van der Waals surface area (Å²) in [5, 5.41) is 6.15. The Hall–Kier alpha value is -1.99. The Morgan fingerprint density at radius 3 is 2.19 bits per heavy atom. The Labute approximate surface area is 164 Å². The van der Waals surface area contributed by atoms with Crippen molar-refractivity contribution in [2.45, 2.75) is 59.6 Å². The molecule has 1 atom stereocenters. The number of nitrogens with one attached hydrogen (secondary N) is 2. The number of likely N-dealkylation sites (N-methyl/N-ethyl adjacent to an activating group) is 1. The molecule has 0 radical (unpaired) electrons. The molecule has 0 aliphatic rings. The third-order valence-electron chi connectivity index (χ3n) is 3.84. The van der Waals surface area contributed by atoms with E-state index in [9.17, 15) is 9.59 Å². The fourth-order valence-corrected chi connectivity index (χ4v) is 2.22. The topological polar surface area (TPSA) is 86.3 Å². The van der Waals surface area contributed by atoms with Crippen molar-refractivity contribution in [1.29, 1.82) is 0 Å². The lowest BCUT2D eigenvalue weighted by Crippen LogP contribution is -2.45. The van der Waals surface area contributed by atoms with E-state index in [0.717, 1.165) is 6.42 Å². The Morgan fingerprint density at radius 1 is 1.15 bits per heavy atom. The van der Waals surface area contributed by atoms with Gasteiger partial charge in [-0.1, -0.05) is 13.8 Å². The molecular formula is C19H39N5O3. The predicted molar refractivity (Wildman–Crippen MR) is 110 cm³/mol. The van der Waals surface area contributed by atoms with Crippen LogP contribution in [0.2, 0.25) is 0 Å². The van der Waals surface area contributed by atoms with E-state index >= 15 is 0 Å². The van der Waals surface area contributed by atoms with Crippen LogP contribution in [0, 0.1) is 5.92 Å². The smallest absolute Gasteiger partial charge is 0.407 e. The van der Waals surface area contributed by atoms with Crippen LogP contribution in [-0.4, -0.2) is 80.2 Å². The van der Waals surface area contributed by atoms with Crippen LogP contribution in [0.4, 0.5) is 4.79 Å². The molecule has 0 aliphatic carbocycles. The predicted octanol–water partition coefficient (Wildman–Crippen LogP) is 1.91. The molecule has 158 valence electrons. The van der Waals surface area contributed by atoms with Crippen LogP contribution in [-0.2, 0) is 9.53 Å². The molecule has 27 heavy (non-hydrogen) atoms. The molecule has 0 heterocycles. The summed E-state index contributed by atoms with van der Waals surface area (Å²) in [6, 6.07) is -0.0198. The first kappa shape index (κ1) is 25.0. The molecule has 0 rings (SSSR count). The van der Waals surface area contributed by atoms with Gasteiger partial charge in [0.25, 0.3) is 0 Å². The largest absolute Gasteiger partial charge is 0.444 e. The molecule has 0 aromatic heterocycles. The Kier molecular flexibility index (Phi) is 10.8. The number of ether oxygens (including phenoxy) is 1. The zero-order chi connectivity index (χ0) is 21.2. The highest BCUT2D eigenvalue weighted by molar-refractivity contribution is 5.84. The van der Waals surface area contributed by atoms with Crippen LogP contribution < -0.4 is 10.6 Å². The van der Waals surface area contributed by atoms with Gasteiger partial charge in [-0.2, -0.15) is 0 Å². The highest BCUT2D eigenvalue weighted by Crippen LogP contribution is 2.11. The number of aliphatic imine (C=N–C) groups is 1. The summed E-state index contributed by atoms with van der Waals surface area (Å²) in [7, 11) is 5.35. The second-order valence-electron chi connectivity index (χ2n) is 8.17. The number of guanidine groups is 1. The molecule has 1 unspecified atom stereocenters. The minimum Gasteiger partial charge on any atom is -0.444 e. The highest BCUT2D eigenvalue weighted by Gasteiger charge is 2.22. The molecule has 0 saturated heterocycles. The minimum atomic E-state index is -0.522. The van der Waals surface area contributed by atoms with Crippen molar-refractivity contribution in [1.82, 2.24) is 20.4 Å². The molecule has 0 aliphatic heterocycles. The minimum absolute atomic E-state index is 0.0198. The number of amides is 2. The van der Waals surface area contributed by atoms with Crippen LogP contribution in [0.15, 0.2) is 4.99 Å². The van der Waals surface area contributed by atoms with Gasteiger partial charge in [0.15, 0.2) is 5.96 Å². The zero-order valence-electron chi connectivity index (χ0n) is 18.5. The SMILES string of the molecule is CCNC(=NCC(=O)N(C)C)N(C)CCC(NC(=O)OC(C)(C)C)C(C)C. The number of hydrogen-bond acceptors (Lipinski definition) is 4. The van der Waals surface area contributed by atoms with Crippen molar-refractivity contribution in [3.05, 3.63) is 0 Å². The van der Waals surface area contributed by atoms with Gasteiger partial charge in [0.05, 0.1) is 0 Å². The fraction of sp³-hybridized carbons (Fsp3) is 0.842. The number of carbonyl (C=O) groups is 2. The van der Waals surface area contributed by atoms with Crippen molar-refractivity contribution >= 4 is 18.0 Å². The van der Waals surface area contributed by atoms with Crippen LogP contribution in [0.5, 0.6) is 0 Å². The molecule has 8 heteroatoms. The third kappa shape index (κ3) is 11.4. The van der Waals surface area contributed by atoms with Crippen molar-refractivity contribution in [3.8, 4) is 0 Å². The molecule has 2 amide bonds. The highest BCUT2D eigenvalue weighted by atomic mass is 16.6. The van der Waals surface area contributed by atoms with E-state index in [-0.39, 0.29) is 24.4 Å². The monoisotopic (exact) mass is 385 g/mol. The maximum absolute atomic E-state index is 12.1. The standard InChI is InChI=1S/C19H39N5O3/c1-10-20-17(21-13-16(25)23(7)8)24(9)12-11-15(14(2)3)22-18(26)27-19(4,5)6/h14-15H,10-13H2,1-9H3,(H,20,21)(H,22,26). The Bertz CT molecular complexity index is 498. The lowest BCUT2D eigenvalue weighted by Gasteiger charge is -2.28. The van der Waals surface area contributed by atoms with Gasteiger partial charge in [0.2, 0.25) is 5.91 Å². The van der Waals surface area contributed by atoms with Gasteiger partial charge in [0.1, 0.15) is 12.1 Å². The molecule has 0 saturated carbocycles. The molecule has 0 fully saturated rings. The Morgan fingerprint density at radius 2 is 1.74 bits per heavy atom. The average molecular weight is 386 g/mol. The summed E-state index contributed by atoms with van der Waals surface area (Å²) in [4.78, 5) is 31.7. The summed E-state index contributed by atoms with van der Waals surface area (Å²) in [6.07, 6.45) is 0.334. The van der Waals surface area contributed by atoms with Gasteiger partial charge >= 0.3 is 6.09 Å². The van der Waals surface area contributed by atoms with Gasteiger partial charge in [-0.05, 0) is 40.0 Å². The summed E-state index contributed by atoms with van der Waals surface area (Å²) in [5.74, 6) is 0.888. The van der Waals surface area contributed by atoms with Gasteiger partial charge in [-0.15, -0.1) is 0 Å². The van der Waals surface area contributed by atoms with Gasteiger partial charge in [0, 0.05) is 40.3 Å². The Balaban J connectivity index is 4.84. The van der Waals surface area contributed by atoms with Crippen molar-refractivity contribution in [3.63, 3.8) is 0 Å². The normalized spacial score (nSPS) is 13.2. The second-order valence-corrected chi connectivity index (χ2v) is 8.17. The number of hydrogen-bond donors (Lipinski definition) is 2. The summed E-state index contributed by atoms with van der Waals surface area (Å²) >= 11 is 0. The zero-order valence-corrected chi connectivity index (χ0v) is 18.5. The lowest BCUT2D eigenvalue weighted by molar-refractivity contribution is -0.127. The van der Waals surface area contributed by atoms with E-state index < -0.39 is 11.7 Å². The van der Waals surface area contributed by atoms with E-state index in [4.69, 9.17) is 4.74 Å². The van der Waals surface area contributed by atoms with E-state index in [2.05, 4.69) is 29.5 Å². The van der Waals surface area contributed by atoms with Crippen LogP contribution >= 0.6 is 0 Å². The first-order valence-electron chi connectivity index (χ1n) is 9.56. The third-order valence-corrected chi connectivity index (χ3v) is 3.84. The fourth-order valence-electron chi connectivity index (χ4n) is 2.22. The maximum Gasteiger partial charge on any atom is 0.407 e. The molecule has 0 aromatic carbocycles. The summed E-state index contributed by atoms with van der Waals surface area (Å²) < 4.78 is 5.36. The van der Waals surface area contributed by atoms with Crippen LogP contribution in [0.1, 0.15) is 48.0 Å². The summed E-state index contributed by atoms with van der Waals surface area (Å²) in [5.41, 5.74) is -0.522. The van der Waals surface area contributed by atoms with Crippen molar-refractivity contribution < 1.29 is 14.3 Å². The molecule has 0 aromatic rings. The molecule has 2 N–H and O–H groups in total. The average Bonchev–Trinajstić information content (AvgIpc) is 2.52. The van der Waals surface area contributed by atoms with E-state index in [1.54, 1.807) is 14.1 Å². The number of rotatable bonds is 8. The van der Waals surface area contributed by atoms with Gasteiger partial charge in [-0.25, -0.2) is 9.79 Å². The van der Waals surface area contributed by atoms with Gasteiger partial charge in [-0.3, -0.25) is 4.79 Å². The molecular weight excluding hydrogens is 346 g/mol.